The molecule has 6 nitrogen and oxygen atoms in total. The van der Waals surface area contributed by atoms with Crippen LogP contribution in [0.2, 0.25) is 0 Å². The molecular weight excluding hydrogens is 258 g/mol. The number of rotatable bonds is 4. The Hall–Kier alpha value is -1.89. The normalized spacial score (nSPS) is 12.8. The third-order valence-corrected chi connectivity index (χ3v) is 3.40. The van der Waals surface area contributed by atoms with Crippen molar-refractivity contribution in [3.8, 4) is 0 Å². The van der Waals surface area contributed by atoms with Crippen LogP contribution in [-0.2, 0) is 14.6 Å². The van der Waals surface area contributed by atoms with Gasteiger partial charge in [0.2, 0.25) is 0 Å². The Labute approximate surface area is 105 Å². The minimum atomic E-state index is -3.54. The molecule has 0 unspecified atom stereocenters. The maximum atomic E-state index is 11.8. The zero-order chi connectivity index (χ0) is 13.9. The molecule has 0 heterocycles. The summed E-state index contributed by atoms with van der Waals surface area (Å²) in [6, 6.07) is 4.55. The molecule has 0 bridgehead atoms. The number of carbonyl (C=O) groups excluding carboxylic acids is 1. The fraction of sp³-hybridized carbons (Fsp3) is 0.273. The van der Waals surface area contributed by atoms with E-state index in [0.717, 1.165) is 6.26 Å². The number of sulfone groups is 1. The monoisotopic (exact) mass is 271 g/mol. The SMILES string of the molecule is C[C@H](NC(=O)c1ccccc1S(C)(=O)=O)C(=O)O. The first-order valence-corrected chi connectivity index (χ1v) is 6.95. The van der Waals surface area contributed by atoms with Crippen LogP contribution in [0.15, 0.2) is 29.2 Å². The molecule has 98 valence electrons. The molecule has 0 aromatic heterocycles. The first-order chi connectivity index (χ1) is 8.23. The smallest absolute Gasteiger partial charge is 0.325 e. The third-order valence-electron chi connectivity index (χ3n) is 2.25. The molecule has 1 rings (SSSR count). The lowest BCUT2D eigenvalue weighted by atomic mass is 10.2. The topological polar surface area (TPSA) is 101 Å². The summed E-state index contributed by atoms with van der Waals surface area (Å²) in [5.41, 5.74) is -0.0619. The van der Waals surface area contributed by atoms with Crippen molar-refractivity contribution in [2.24, 2.45) is 0 Å². The first kappa shape index (κ1) is 14.2. The molecule has 7 heteroatoms. The summed E-state index contributed by atoms with van der Waals surface area (Å²) in [5.74, 6) is -1.92. The van der Waals surface area contributed by atoms with Gasteiger partial charge in [-0.2, -0.15) is 0 Å². The predicted molar refractivity (Wildman–Crippen MR) is 64.1 cm³/mol. The Kier molecular flexibility index (Phi) is 4.07. The largest absolute Gasteiger partial charge is 0.480 e. The van der Waals surface area contributed by atoms with Crippen molar-refractivity contribution >= 4 is 21.7 Å². The Morgan fingerprint density at radius 3 is 2.33 bits per heavy atom. The van der Waals surface area contributed by atoms with E-state index >= 15 is 0 Å². The second-order valence-corrected chi connectivity index (χ2v) is 5.79. The van der Waals surface area contributed by atoms with Gasteiger partial charge in [-0.05, 0) is 19.1 Å². The quantitative estimate of drug-likeness (QED) is 0.820. The average molecular weight is 271 g/mol. The highest BCUT2D eigenvalue weighted by molar-refractivity contribution is 7.90. The molecule has 0 aliphatic rings. The van der Waals surface area contributed by atoms with Gasteiger partial charge in [0.25, 0.3) is 5.91 Å². The van der Waals surface area contributed by atoms with Gasteiger partial charge in [0.1, 0.15) is 6.04 Å². The Balaban J connectivity index is 3.11. The summed E-state index contributed by atoms with van der Waals surface area (Å²) in [5, 5.41) is 10.9. The summed E-state index contributed by atoms with van der Waals surface area (Å²) < 4.78 is 23.0. The fourth-order valence-corrected chi connectivity index (χ4v) is 2.20. The number of aliphatic carboxylic acids is 1. The van der Waals surface area contributed by atoms with Crippen molar-refractivity contribution in [3.63, 3.8) is 0 Å². The van der Waals surface area contributed by atoms with Gasteiger partial charge >= 0.3 is 5.97 Å². The van der Waals surface area contributed by atoms with E-state index in [-0.39, 0.29) is 10.5 Å². The number of hydrogen-bond acceptors (Lipinski definition) is 4. The van der Waals surface area contributed by atoms with E-state index in [4.69, 9.17) is 5.11 Å². The van der Waals surface area contributed by atoms with Crippen LogP contribution in [0.25, 0.3) is 0 Å². The van der Waals surface area contributed by atoms with Crippen LogP contribution in [0, 0.1) is 0 Å². The number of benzene rings is 1. The molecule has 0 aliphatic carbocycles. The molecule has 0 spiro atoms. The van der Waals surface area contributed by atoms with Crippen LogP contribution in [-0.4, -0.2) is 37.7 Å². The van der Waals surface area contributed by atoms with E-state index in [1.54, 1.807) is 0 Å². The van der Waals surface area contributed by atoms with Gasteiger partial charge in [-0.25, -0.2) is 8.42 Å². The maximum Gasteiger partial charge on any atom is 0.325 e. The van der Waals surface area contributed by atoms with E-state index in [2.05, 4.69) is 5.32 Å². The zero-order valence-electron chi connectivity index (χ0n) is 9.88. The van der Waals surface area contributed by atoms with Crippen molar-refractivity contribution in [2.75, 3.05) is 6.26 Å². The van der Waals surface area contributed by atoms with Crippen LogP contribution >= 0.6 is 0 Å². The molecule has 1 aromatic rings. The molecule has 2 N–H and O–H groups in total. The number of carboxylic acids is 1. The van der Waals surface area contributed by atoms with E-state index in [0.29, 0.717) is 0 Å². The average Bonchev–Trinajstić information content (AvgIpc) is 2.27. The number of hydrogen-bond donors (Lipinski definition) is 2. The number of carboxylic acid groups (broad SMARTS) is 1. The highest BCUT2D eigenvalue weighted by Gasteiger charge is 2.21. The molecule has 1 amide bonds. The summed E-state index contributed by atoms with van der Waals surface area (Å²) in [4.78, 5) is 22.3. The second-order valence-electron chi connectivity index (χ2n) is 3.80. The van der Waals surface area contributed by atoms with E-state index < -0.39 is 27.8 Å². The molecular formula is C11H13NO5S. The highest BCUT2D eigenvalue weighted by Crippen LogP contribution is 2.15. The van der Waals surface area contributed by atoms with E-state index in [9.17, 15) is 18.0 Å². The number of carbonyl (C=O) groups is 2. The van der Waals surface area contributed by atoms with Crippen LogP contribution in [0.5, 0.6) is 0 Å². The molecule has 0 radical (unpaired) electrons. The Morgan fingerprint density at radius 1 is 1.28 bits per heavy atom. The second kappa shape index (κ2) is 5.18. The lowest BCUT2D eigenvalue weighted by Crippen LogP contribution is -2.38. The minimum Gasteiger partial charge on any atom is -0.480 e. The van der Waals surface area contributed by atoms with Gasteiger partial charge in [-0.15, -0.1) is 0 Å². The standard InChI is InChI=1S/C11H13NO5S/c1-7(11(14)15)12-10(13)8-5-3-4-6-9(8)18(2,16)17/h3-7H,1-2H3,(H,12,13)(H,14,15)/t7-/m0/s1. The van der Waals surface area contributed by atoms with Crippen LogP contribution in [0.3, 0.4) is 0 Å². The predicted octanol–water partition coefficient (Wildman–Crippen LogP) is 0.293. The summed E-state index contributed by atoms with van der Waals surface area (Å²) in [6.45, 7) is 1.29. The van der Waals surface area contributed by atoms with Gasteiger partial charge < -0.3 is 10.4 Å². The molecule has 18 heavy (non-hydrogen) atoms. The lowest BCUT2D eigenvalue weighted by molar-refractivity contribution is -0.138. The van der Waals surface area contributed by atoms with Crippen molar-refractivity contribution in [1.29, 1.82) is 0 Å². The molecule has 0 aliphatic heterocycles. The maximum absolute atomic E-state index is 11.8. The van der Waals surface area contributed by atoms with E-state index in [1.807, 2.05) is 0 Å². The Morgan fingerprint density at radius 2 is 1.83 bits per heavy atom. The van der Waals surface area contributed by atoms with Gasteiger partial charge in [0.15, 0.2) is 9.84 Å². The van der Waals surface area contributed by atoms with Crippen molar-refractivity contribution < 1.29 is 23.1 Å². The molecule has 0 saturated heterocycles. The molecule has 0 fully saturated rings. The molecule has 0 saturated carbocycles. The third kappa shape index (κ3) is 3.30. The number of nitrogens with one attached hydrogen (secondary N) is 1. The van der Waals surface area contributed by atoms with Crippen LogP contribution in [0.1, 0.15) is 17.3 Å². The summed E-state index contributed by atoms with van der Waals surface area (Å²) >= 11 is 0. The fourth-order valence-electron chi connectivity index (χ4n) is 1.31. The summed E-state index contributed by atoms with van der Waals surface area (Å²) in [6.07, 6.45) is 0.986. The van der Waals surface area contributed by atoms with Crippen molar-refractivity contribution in [3.05, 3.63) is 29.8 Å². The van der Waals surface area contributed by atoms with Gasteiger partial charge in [0, 0.05) is 6.26 Å². The van der Waals surface area contributed by atoms with Gasteiger partial charge in [0.05, 0.1) is 10.5 Å². The highest BCUT2D eigenvalue weighted by atomic mass is 32.2. The van der Waals surface area contributed by atoms with Crippen molar-refractivity contribution in [1.82, 2.24) is 5.32 Å². The van der Waals surface area contributed by atoms with Gasteiger partial charge in [-0.3, -0.25) is 9.59 Å². The zero-order valence-corrected chi connectivity index (χ0v) is 10.7. The molecule has 1 atom stereocenters. The van der Waals surface area contributed by atoms with Gasteiger partial charge in [-0.1, -0.05) is 12.1 Å². The van der Waals surface area contributed by atoms with Crippen molar-refractivity contribution in [2.45, 2.75) is 17.9 Å². The minimum absolute atomic E-state index is 0.0619. The number of amides is 1. The molecule has 1 aromatic carbocycles. The van der Waals surface area contributed by atoms with Crippen LogP contribution < -0.4 is 5.32 Å². The lowest BCUT2D eigenvalue weighted by Gasteiger charge is -2.11. The van der Waals surface area contributed by atoms with Crippen LogP contribution in [0.4, 0.5) is 0 Å². The Bertz CT molecular complexity index is 579. The first-order valence-electron chi connectivity index (χ1n) is 5.06. The van der Waals surface area contributed by atoms with E-state index in [1.165, 1.54) is 31.2 Å². The summed E-state index contributed by atoms with van der Waals surface area (Å²) in [7, 11) is -3.54.